The molecule has 0 aliphatic carbocycles. The Kier molecular flexibility index (Phi) is 3.99. The molecule has 20 heavy (non-hydrogen) atoms. The van der Waals surface area contributed by atoms with Crippen LogP contribution in [0.5, 0.6) is 0 Å². The van der Waals surface area contributed by atoms with E-state index in [1.165, 1.54) is 18.5 Å². The van der Waals surface area contributed by atoms with Gasteiger partial charge in [-0.15, -0.1) is 0 Å². The summed E-state index contributed by atoms with van der Waals surface area (Å²) in [5.74, 6) is -2.13. The van der Waals surface area contributed by atoms with Crippen molar-refractivity contribution in [1.82, 2.24) is 9.78 Å². The van der Waals surface area contributed by atoms with Crippen LogP contribution in [-0.4, -0.2) is 26.8 Å². The first-order valence-corrected chi connectivity index (χ1v) is 5.84. The number of carbonyl (C=O) groups excluding carboxylic acids is 1. The number of hydrogen-bond donors (Lipinski definition) is 2. The highest BCUT2D eigenvalue weighted by Gasteiger charge is 2.12. The number of rotatable bonds is 4. The predicted molar refractivity (Wildman–Crippen MR) is 69.2 cm³/mol. The Morgan fingerprint density at radius 2 is 2.20 bits per heavy atom. The molecule has 8 heteroatoms. The zero-order valence-corrected chi connectivity index (χ0v) is 10.8. The third-order valence-electron chi connectivity index (χ3n) is 2.36. The van der Waals surface area contributed by atoms with Gasteiger partial charge in [0.2, 0.25) is 0 Å². The third kappa shape index (κ3) is 3.33. The maximum absolute atomic E-state index is 12.9. The highest BCUT2D eigenvalue weighted by Crippen LogP contribution is 2.18. The molecule has 1 aromatic heterocycles. The van der Waals surface area contributed by atoms with Crippen molar-refractivity contribution in [2.24, 2.45) is 0 Å². The molecule has 0 saturated carbocycles. The molecular weight excluding hydrogens is 289 g/mol. The zero-order valence-electron chi connectivity index (χ0n) is 10.0. The fraction of sp³-hybridized carbons (Fsp3) is 0.0833. The first kappa shape index (κ1) is 14.0. The fourth-order valence-electron chi connectivity index (χ4n) is 1.53. The molecule has 2 aromatic rings. The topological polar surface area (TPSA) is 84.2 Å². The first-order valence-electron chi connectivity index (χ1n) is 5.46. The quantitative estimate of drug-likeness (QED) is 0.904. The van der Waals surface area contributed by atoms with Crippen LogP contribution < -0.4 is 5.32 Å². The van der Waals surface area contributed by atoms with Crippen molar-refractivity contribution in [3.05, 3.63) is 47.0 Å². The number of benzene rings is 1. The van der Waals surface area contributed by atoms with Crippen LogP contribution in [0.3, 0.4) is 0 Å². The summed E-state index contributed by atoms with van der Waals surface area (Å²) in [6.07, 6.45) is 2.67. The van der Waals surface area contributed by atoms with E-state index in [2.05, 4.69) is 10.4 Å². The number of aliphatic carboxylic acids is 1. The molecule has 0 spiro atoms. The summed E-state index contributed by atoms with van der Waals surface area (Å²) in [6.45, 7) is -0.312. The number of amides is 1. The Morgan fingerprint density at radius 3 is 2.85 bits per heavy atom. The van der Waals surface area contributed by atoms with Gasteiger partial charge in [0.1, 0.15) is 12.4 Å². The number of nitrogens with zero attached hydrogens (tertiary/aromatic N) is 2. The Hall–Kier alpha value is -2.41. The van der Waals surface area contributed by atoms with E-state index < -0.39 is 17.7 Å². The summed E-state index contributed by atoms with van der Waals surface area (Å²) < 4.78 is 14.0. The number of nitrogens with one attached hydrogen (secondary N) is 1. The third-order valence-corrected chi connectivity index (χ3v) is 2.68. The average molecular weight is 298 g/mol. The number of carbonyl (C=O) groups is 2. The van der Waals surface area contributed by atoms with Crippen molar-refractivity contribution in [3.8, 4) is 0 Å². The summed E-state index contributed by atoms with van der Waals surface area (Å²) in [7, 11) is 0. The second kappa shape index (κ2) is 5.70. The van der Waals surface area contributed by atoms with Crippen molar-refractivity contribution in [2.75, 3.05) is 5.32 Å². The molecule has 0 unspecified atom stereocenters. The van der Waals surface area contributed by atoms with Gasteiger partial charge in [-0.25, -0.2) is 4.39 Å². The van der Waals surface area contributed by atoms with Gasteiger partial charge in [0.05, 0.1) is 22.5 Å². The second-order valence-electron chi connectivity index (χ2n) is 3.90. The van der Waals surface area contributed by atoms with Crippen LogP contribution in [0.25, 0.3) is 0 Å². The molecule has 2 rings (SSSR count). The van der Waals surface area contributed by atoms with Gasteiger partial charge in [-0.1, -0.05) is 11.6 Å². The van der Waals surface area contributed by atoms with Gasteiger partial charge in [0.15, 0.2) is 0 Å². The van der Waals surface area contributed by atoms with Gasteiger partial charge in [-0.05, 0) is 18.2 Å². The van der Waals surface area contributed by atoms with Gasteiger partial charge < -0.3 is 10.4 Å². The van der Waals surface area contributed by atoms with E-state index in [-0.39, 0.29) is 17.1 Å². The summed E-state index contributed by atoms with van der Waals surface area (Å²) in [6, 6.07) is 3.41. The minimum Gasteiger partial charge on any atom is -0.480 e. The van der Waals surface area contributed by atoms with E-state index in [1.54, 1.807) is 0 Å². The van der Waals surface area contributed by atoms with Crippen molar-refractivity contribution in [3.63, 3.8) is 0 Å². The minimum atomic E-state index is -1.05. The van der Waals surface area contributed by atoms with Gasteiger partial charge >= 0.3 is 5.97 Å². The molecule has 104 valence electrons. The molecule has 1 aromatic carbocycles. The largest absolute Gasteiger partial charge is 0.480 e. The molecule has 0 saturated heterocycles. The summed E-state index contributed by atoms with van der Waals surface area (Å²) in [4.78, 5) is 22.4. The monoisotopic (exact) mass is 297 g/mol. The SMILES string of the molecule is O=C(O)Cn1cc(NC(=O)c2ccc(F)cc2Cl)cn1. The molecule has 1 heterocycles. The van der Waals surface area contributed by atoms with Gasteiger partial charge in [0.25, 0.3) is 5.91 Å². The maximum atomic E-state index is 12.9. The van der Waals surface area contributed by atoms with Crippen LogP contribution in [0.4, 0.5) is 10.1 Å². The molecule has 0 atom stereocenters. The van der Waals surface area contributed by atoms with Crippen molar-refractivity contribution >= 4 is 29.2 Å². The van der Waals surface area contributed by atoms with Crippen molar-refractivity contribution in [1.29, 1.82) is 0 Å². The molecular formula is C12H9ClFN3O3. The summed E-state index contributed by atoms with van der Waals surface area (Å²) >= 11 is 5.77. The van der Waals surface area contributed by atoms with Crippen LogP contribution in [0.1, 0.15) is 10.4 Å². The van der Waals surface area contributed by atoms with Gasteiger partial charge in [-0.3, -0.25) is 14.3 Å². The summed E-state index contributed by atoms with van der Waals surface area (Å²) in [5, 5.41) is 14.8. The van der Waals surface area contributed by atoms with Crippen molar-refractivity contribution < 1.29 is 19.1 Å². The number of carboxylic acids is 1. The Balaban J connectivity index is 2.11. The smallest absolute Gasteiger partial charge is 0.325 e. The molecule has 0 bridgehead atoms. The van der Waals surface area contributed by atoms with E-state index >= 15 is 0 Å². The molecule has 0 radical (unpaired) electrons. The Morgan fingerprint density at radius 1 is 1.45 bits per heavy atom. The number of anilines is 1. The van der Waals surface area contributed by atoms with Crippen molar-refractivity contribution in [2.45, 2.75) is 6.54 Å². The normalized spacial score (nSPS) is 10.3. The maximum Gasteiger partial charge on any atom is 0.325 e. The zero-order chi connectivity index (χ0) is 14.7. The van der Waals surface area contributed by atoms with E-state index in [9.17, 15) is 14.0 Å². The lowest BCUT2D eigenvalue weighted by atomic mass is 10.2. The van der Waals surface area contributed by atoms with Crippen LogP contribution >= 0.6 is 11.6 Å². The lowest BCUT2D eigenvalue weighted by Crippen LogP contribution is -2.12. The molecule has 0 aliphatic heterocycles. The number of hydrogen-bond acceptors (Lipinski definition) is 3. The van der Waals surface area contributed by atoms with E-state index in [0.29, 0.717) is 5.69 Å². The molecule has 2 N–H and O–H groups in total. The predicted octanol–water partition coefficient (Wildman–Crippen LogP) is 2.01. The molecule has 0 fully saturated rings. The lowest BCUT2D eigenvalue weighted by molar-refractivity contribution is -0.137. The van der Waals surface area contributed by atoms with E-state index in [0.717, 1.165) is 16.8 Å². The van der Waals surface area contributed by atoms with E-state index in [4.69, 9.17) is 16.7 Å². The van der Waals surface area contributed by atoms with Crippen LogP contribution in [0.2, 0.25) is 5.02 Å². The van der Waals surface area contributed by atoms with Crippen LogP contribution in [0.15, 0.2) is 30.6 Å². The fourth-order valence-corrected chi connectivity index (χ4v) is 1.78. The second-order valence-corrected chi connectivity index (χ2v) is 4.31. The van der Waals surface area contributed by atoms with Gasteiger partial charge in [-0.2, -0.15) is 5.10 Å². The molecule has 1 amide bonds. The minimum absolute atomic E-state index is 0.0135. The van der Waals surface area contributed by atoms with Gasteiger partial charge in [0, 0.05) is 6.20 Å². The highest BCUT2D eigenvalue weighted by molar-refractivity contribution is 6.34. The first-order chi connectivity index (χ1) is 9.45. The standard InChI is InChI=1S/C12H9ClFN3O3/c13-10-3-7(14)1-2-9(10)12(20)16-8-4-15-17(5-8)6-11(18)19/h1-5H,6H2,(H,16,20)(H,18,19). The average Bonchev–Trinajstić information content (AvgIpc) is 2.75. The molecule has 6 nitrogen and oxygen atoms in total. The number of halogens is 2. The summed E-state index contributed by atoms with van der Waals surface area (Å²) in [5.41, 5.74) is 0.427. The number of aromatic nitrogens is 2. The Bertz CT molecular complexity index is 672. The molecule has 0 aliphatic rings. The Labute approximate surface area is 117 Å². The number of carboxylic acid groups (broad SMARTS) is 1. The van der Waals surface area contributed by atoms with E-state index in [1.807, 2.05) is 0 Å². The van der Waals surface area contributed by atoms with Crippen LogP contribution in [-0.2, 0) is 11.3 Å². The highest BCUT2D eigenvalue weighted by atomic mass is 35.5. The van der Waals surface area contributed by atoms with Crippen LogP contribution in [0, 0.1) is 5.82 Å². The lowest BCUT2D eigenvalue weighted by Gasteiger charge is -2.04.